The Hall–Kier alpha value is 0.0296. The SMILES string of the molecule is O=C([O-])C(C(=O)[O-])N1CCOCCOCCN(C(C(=O)[O-])C(=O)[O-])CCOCCOCC1.[Li+].[Li+].[Li+].[Li+]. The van der Waals surface area contributed by atoms with E-state index in [2.05, 4.69) is 0 Å². The molecule has 18 heteroatoms. The van der Waals surface area contributed by atoms with Gasteiger partial charge in [0.15, 0.2) is 0 Å². The third-order valence-electron chi connectivity index (χ3n) is 4.46. The number of rotatable bonds is 6. The van der Waals surface area contributed by atoms with Crippen molar-refractivity contribution in [3.05, 3.63) is 0 Å². The smallest absolute Gasteiger partial charge is 0.548 e. The van der Waals surface area contributed by atoms with Crippen molar-refractivity contribution < 1.29 is 134 Å². The van der Waals surface area contributed by atoms with Crippen LogP contribution in [0.4, 0.5) is 0 Å². The number of ether oxygens (including phenoxy) is 4. The Labute approximate surface area is 257 Å². The number of hydrogen-bond acceptors (Lipinski definition) is 14. The molecule has 1 heterocycles. The summed E-state index contributed by atoms with van der Waals surface area (Å²) in [5.41, 5.74) is 0. The van der Waals surface area contributed by atoms with Gasteiger partial charge in [-0.05, 0) is 0 Å². The molecule has 0 atom stereocenters. The minimum Gasteiger partial charge on any atom is -0.548 e. The van der Waals surface area contributed by atoms with Gasteiger partial charge in [0.2, 0.25) is 0 Å². The van der Waals surface area contributed by atoms with Crippen LogP contribution in [0.15, 0.2) is 0 Å². The Kier molecular flexibility index (Phi) is 30.3. The average molecular weight is 490 g/mol. The molecule has 0 aromatic rings. The zero-order valence-electron chi connectivity index (χ0n) is 21.4. The van der Waals surface area contributed by atoms with Crippen LogP contribution in [-0.4, -0.2) is 125 Å². The Morgan fingerprint density at radius 1 is 0.444 bits per heavy atom. The largest absolute Gasteiger partial charge is 1.00 e. The number of carboxylic acid groups (broad SMARTS) is 4. The fourth-order valence-corrected chi connectivity index (χ4v) is 2.90. The van der Waals surface area contributed by atoms with Crippen LogP contribution in [0.3, 0.4) is 0 Å². The molecule has 0 saturated carbocycles. The molecule has 0 radical (unpaired) electrons. The number of carbonyl (C=O) groups excluding carboxylic acids is 4. The van der Waals surface area contributed by atoms with Crippen LogP contribution in [-0.2, 0) is 38.1 Å². The van der Waals surface area contributed by atoms with Gasteiger partial charge in [0.1, 0.15) is 0 Å². The van der Waals surface area contributed by atoms with Crippen molar-refractivity contribution in [2.24, 2.45) is 0 Å². The van der Waals surface area contributed by atoms with Crippen LogP contribution < -0.4 is 95.9 Å². The Bertz CT molecular complexity index is 535. The monoisotopic (exact) mass is 490 g/mol. The first-order chi connectivity index (χ1) is 15.3. The van der Waals surface area contributed by atoms with Gasteiger partial charge >= 0.3 is 75.4 Å². The molecule has 1 aliphatic rings. The Morgan fingerprint density at radius 3 is 0.806 bits per heavy atom. The summed E-state index contributed by atoms with van der Waals surface area (Å²) >= 11 is 0. The van der Waals surface area contributed by atoms with Crippen molar-refractivity contribution >= 4 is 23.9 Å². The van der Waals surface area contributed by atoms with E-state index in [1.807, 2.05) is 0 Å². The van der Waals surface area contributed by atoms with Crippen molar-refractivity contribution in [3.8, 4) is 0 Å². The standard InChI is InChI=1S/C18H30N2O12.4Li/c21-15(22)13(16(23)24)19-1-5-29-9-10-31-7-3-20(14(17(25)26)18(27)28)4-8-32-12-11-30-6-2-19;;;;/h13-14H,1-12H2,(H,21,22)(H,23,24)(H,25,26)(H,27,28);;;;/q;4*+1/p-4. The molecule has 1 rings (SSSR count). The molecule has 14 nitrogen and oxygen atoms in total. The van der Waals surface area contributed by atoms with E-state index >= 15 is 0 Å². The van der Waals surface area contributed by atoms with E-state index in [0.29, 0.717) is 0 Å². The zero-order valence-corrected chi connectivity index (χ0v) is 21.4. The van der Waals surface area contributed by atoms with E-state index in [1.165, 1.54) is 0 Å². The van der Waals surface area contributed by atoms with Gasteiger partial charge in [-0.2, -0.15) is 0 Å². The quantitative estimate of drug-likeness (QED) is 0.251. The second kappa shape index (κ2) is 25.3. The van der Waals surface area contributed by atoms with Crippen molar-refractivity contribution in [3.63, 3.8) is 0 Å². The molecule has 184 valence electrons. The van der Waals surface area contributed by atoms with Gasteiger partial charge in [-0.25, -0.2) is 0 Å². The van der Waals surface area contributed by atoms with Gasteiger partial charge in [-0.3, -0.25) is 9.80 Å². The predicted molar refractivity (Wildman–Crippen MR) is 94.0 cm³/mol. The minimum absolute atomic E-state index is 0. The molecule has 1 fully saturated rings. The van der Waals surface area contributed by atoms with Crippen molar-refractivity contribution in [1.82, 2.24) is 9.80 Å². The first-order valence-electron chi connectivity index (χ1n) is 9.88. The van der Waals surface area contributed by atoms with Crippen LogP contribution in [0.25, 0.3) is 0 Å². The maximum Gasteiger partial charge on any atom is 1.00 e. The first-order valence-corrected chi connectivity index (χ1v) is 9.88. The van der Waals surface area contributed by atoms with Gasteiger partial charge in [-0.1, -0.05) is 0 Å². The Balaban J connectivity index is -0.00000128. The van der Waals surface area contributed by atoms with Gasteiger partial charge in [0.05, 0.1) is 88.8 Å². The average Bonchev–Trinajstić information content (AvgIpc) is 2.69. The first kappa shape index (κ1) is 43.1. The molecule has 0 bridgehead atoms. The summed E-state index contributed by atoms with van der Waals surface area (Å²) in [6, 6.07) is -3.93. The summed E-state index contributed by atoms with van der Waals surface area (Å²) in [4.78, 5) is 46.8. The molecule has 0 amide bonds. The van der Waals surface area contributed by atoms with Gasteiger partial charge in [0.25, 0.3) is 0 Å². The van der Waals surface area contributed by atoms with Crippen LogP contribution in [0.2, 0.25) is 0 Å². The predicted octanol–water partition coefficient (Wildman–Crippen LogP) is -19.6. The third kappa shape index (κ3) is 17.5. The third-order valence-corrected chi connectivity index (χ3v) is 4.46. The van der Waals surface area contributed by atoms with Gasteiger partial charge in [0, 0.05) is 26.2 Å². The maximum atomic E-state index is 11.1. The molecule has 0 aliphatic carbocycles. The Morgan fingerprint density at radius 2 is 0.639 bits per heavy atom. The normalized spacial score (nSPS) is 17.6. The molecule has 1 saturated heterocycles. The zero-order chi connectivity index (χ0) is 23.9. The van der Waals surface area contributed by atoms with Crippen molar-refractivity contribution in [2.45, 2.75) is 12.1 Å². The van der Waals surface area contributed by atoms with Crippen LogP contribution in [0, 0.1) is 0 Å². The van der Waals surface area contributed by atoms with Crippen molar-refractivity contribution in [2.75, 3.05) is 79.0 Å². The number of aliphatic carboxylic acids is 4. The number of hydrogen-bond donors (Lipinski definition) is 0. The topological polar surface area (TPSA) is 204 Å². The number of carbonyl (C=O) groups is 4. The number of carboxylic acids is 4. The fourth-order valence-electron chi connectivity index (χ4n) is 2.90. The van der Waals surface area contributed by atoms with Crippen LogP contribution in [0.1, 0.15) is 0 Å². The second-order valence-electron chi connectivity index (χ2n) is 6.60. The molecule has 0 aromatic carbocycles. The second-order valence-corrected chi connectivity index (χ2v) is 6.60. The van der Waals surface area contributed by atoms with Crippen LogP contribution in [0.5, 0.6) is 0 Å². The molecule has 36 heavy (non-hydrogen) atoms. The molecule has 0 aromatic heterocycles. The maximum absolute atomic E-state index is 11.1. The summed E-state index contributed by atoms with van der Waals surface area (Å²) in [7, 11) is 0. The van der Waals surface area contributed by atoms with E-state index in [0.717, 1.165) is 9.80 Å². The van der Waals surface area contributed by atoms with E-state index < -0.39 is 36.0 Å². The summed E-state index contributed by atoms with van der Waals surface area (Å²) in [6.45, 7) is -0.0340. The summed E-state index contributed by atoms with van der Waals surface area (Å²) in [6.07, 6.45) is 0. The van der Waals surface area contributed by atoms with Crippen molar-refractivity contribution in [1.29, 1.82) is 0 Å². The molecule has 0 unspecified atom stereocenters. The van der Waals surface area contributed by atoms with E-state index in [-0.39, 0.29) is 154 Å². The van der Waals surface area contributed by atoms with Gasteiger partial charge < -0.3 is 58.6 Å². The van der Waals surface area contributed by atoms with E-state index in [4.69, 9.17) is 18.9 Å². The minimum atomic E-state index is -1.97. The number of nitrogens with zero attached hydrogens (tertiary/aromatic N) is 2. The molecule has 1 aliphatic heterocycles. The summed E-state index contributed by atoms with van der Waals surface area (Å²) in [5.74, 6) is -7.24. The van der Waals surface area contributed by atoms with E-state index in [1.54, 1.807) is 0 Å². The summed E-state index contributed by atoms with van der Waals surface area (Å²) in [5, 5.41) is 44.6. The molecule has 0 spiro atoms. The van der Waals surface area contributed by atoms with Crippen LogP contribution >= 0.6 is 0 Å². The fraction of sp³-hybridized carbons (Fsp3) is 0.778. The molecular formula is C18H26Li4N2O12. The molecular weight excluding hydrogens is 464 g/mol. The van der Waals surface area contributed by atoms with Gasteiger partial charge in [-0.15, -0.1) is 0 Å². The molecule has 0 N–H and O–H groups in total. The van der Waals surface area contributed by atoms with E-state index in [9.17, 15) is 39.6 Å². The summed E-state index contributed by atoms with van der Waals surface area (Å²) < 4.78 is 21.2.